The number of furan rings is 1. The molecule has 0 bridgehead atoms. The van der Waals surface area contributed by atoms with Crippen LogP contribution in [0.25, 0.3) is 0 Å². The minimum Gasteiger partial charge on any atom is -0.472 e. The van der Waals surface area contributed by atoms with Crippen molar-refractivity contribution >= 4 is 0 Å². The maximum absolute atomic E-state index is 5.10. The maximum atomic E-state index is 5.10. The van der Waals surface area contributed by atoms with E-state index in [4.69, 9.17) is 4.42 Å². The summed E-state index contributed by atoms with van der Waals surface area (Å²) in [5, 5.41) is 0. The zero-order chi connectivity index (χ0) is 10.3. The van der Waals surface area contributed by atoms with E-state index in [-0.39, 0.29) is 0 Å². The van der Waals surface area contributed by atoms with Crippen molar-refractivity contribution in [3.8, 4) is 0 Å². The molecule has 3 heterocycles. The van der Waals surface area contributed by atoms with Crippen LogP contribution in [0.5, 0.6) is 0 Å². The average molecular weight is 206 g/mol. The Morgan fingerprint density at radius 2 is 2.00 bits per heavy atom. The van der Waals surface area contributed by atoms with E-state index < -0.39 is 0 Å². The minimum absolute atomic E-state index is 0.905. The Hall–Kier alpha value is -0.800. The number of rotatable bonds is 2. The van der Waals surface area contributed by atoms with E-state index in [1.807, 2.05) is 6.26 Å². The smallest absolute Gasteiger partial charge is 0.0947 e. The molecule has 0 saturated carbocycles. The van der Waals surface area contributed by atoms with Gasteiger partial charge >= 0.3 is 0 Å². The fourth-order valence-corrected chi connectivity index (χ4v) is 3.09. The van der Waals surface area contributed by atoms with Crippen molar-refractivity contribution in [3.05, 3.63) is 24.2 Å². The highest BCUT2D eigenvalue weighted by Crippen LogP contribution is 2.30. The van der Waals surface area contributed by atoms with Crippen LogP contribution in [0, 0.1) is 11.8 Å². The summed E-state index contributed by atoms with van der Waals surface area (Å²) in [6.07, 6.45) is 3.63. The predicted molar refractivity (Wildman–Crippen MR) is 58.5 cm³/mol. The lowest BCUT2D eigenvalue weighted by atomic mass is 10.0. The van der Waals surface area contributed by atoms with Gasteiger partial charge < -0.3 is 9.32 Å². The van der Waals surface area contributed by atoms with Crippen LogP contribution in [0.1, 0.15) is 5.56 Å². The molecule has 2 aliphatic rings. The lowest BCUT2D eigenvalue weighted by Crippen LogP contribution is -2.26. The molecule has 3 heteroatoms. The monoisotopic (exact) mass is 206 g/mol. The molecule has 0 aromatic carbocycles. The topological polar surface area (TPSA) is 19.6 Å². The molecule has 1 aromatic rings. The van der Waals surface area contributed by atoms with Crippen molar-refractivity contribution in [1.29, 1.82) is 0 Å². The summed E-state index contributed by atoms with van der Waals surface area (Å²) < 4.78 is 5.10. The van der Waals surface area contributed by atoms with Crippen LogP contribution >= 0.6 is 0 Å². The molecular weight excluding hydrogens is 188 g/mol. The summed E-state index contributed by atoms with van der Waals surface area (Å²) in [6, 6.07) is 2.07. The second-order valence-electron chi connectivity index (χ2n) is 5.07. The van der Waals surface area contributed by atoms with Crippen molar-refractivity contribution < 1.29 is 4.42 Å². The predicted octanol–water partition coefficient (Wildman–Crippen LogP) is 1.27. The molecule has 1 aromatic heterocycles. The van der Waals surface area contributed by atoms with Crippen LogP contribution in [0.2, 0.25) is 0 Å². The lowest BCUT2D eigenvalue weighted by Gasteiger charge is -2.17. The van der Waals surface area contributed by atoms with Crippen LogP contribution in [-0.2, 0) is 6.54 Å². The molecule has 2 aliphatic heterocycles. The highest BCUT2D eigenvalue weighted by Gasteiger charge is 2.38. The third-order valence-corrected chi connectivity index (χ3v) is 3.73. The Balaban J connectivity index is 1.59. The molecule has 0 amide bonds. The average Bonchev–Trinajstić information content (AvgIpc) is 2.81. The zero-order valence-corrected chi connectivity index (χ0v) is 9.22. The molecule has 2 unspecified atom stereocenters. The Kier molecular flexibility index (Phi) is 2.29. The number of likely N-dealkylation sites (tertiary alicyclic amines) is 2. The Morgan fingerprint density at radius 3 is 2.60 bits per heavy atom. The second kappa shape index (κ2) is 3.65. The van der Waals surface area contributed by atoms with Gasteiger partial charge in [0.2, 0.25) is 0 Å². The van der Waals surface area contributed by atoms with Gasteiger partial charge in [0, 0.05) is 38.3 Å². The largest absolute Gasteiger partial charge is 0.472 e. The molecule has 2 atom stereocenters. The molecular formula is C12H18N2O. The van der Waals surface area contributed by atoms with Crippen molar-refractivity contribution in [2.24, 2.45) is 11.8 Å². The first kappa shape index (κ1) is 9.43. The summed E-state index contributed by atoms with van der Waals surface area (Å²) in [5.74, 6) is 1.81. The molecule has 15 heavy (non-hydrogen) atoms. The van der Waals surface area contributed by atoms with Crippen molar-refractivity contribution in [1.82, 2.24) is 9.80 Å². The Morgan fingerprint density at radius 1 is 1.27 bits per heavy atom. The fourth-order valence-electron chi connectivity index (χ4n) is 3.09. The normalized spacial score (nSPS) is 32.3. The SMILES string of the molecule is CN1CC2CN(Cc3ccoc3)CC2C1. The maximum Gasteiger partial charge on any atom is 0.0947 e. The molecule has 0 aliphatic carbocycles. The molecule has 3 rings (SSSR count). The van der Waals surface area contributed by atoms with E-state index in [0.29, 0.717) is 0 Å². The van der Waals surface area contributed by atoms with Gasteiger partial charge in [-0.15, -0.1) is 0 Å². The number of fused-ring (bicyclic) bond motifs is 1. The summed E-state index contributed by atoms with van der Waals surface area (Å²) >= 11 is 0. The lowest BCUT2D eigenvalue weighted by molar-refractivity contribution is 0.271. The van der Waals surface area contributed by atoms with Gasteiger partial charge in [0.25, 0.3) is 0 Å². The van der Waals surface area contributed by atoms with Gasteiger partial charge in [0.05, 0.1) is 12.5 Å². The molecule has 3 nitrogen and oxygen atoms in total. The summed E-state index contributed by atoms with van der Waals surface area (Å²) in [7, 11) is 2.23. The molecule has 82 valence electrons. The van der Waals surface area contributed by atoms with Crippen molar-refractivity contribution in [2.75, 3.05) is 33.2 Å². The highest BCUT2D eigenvalue weighted by atomic mass is 16.3. The first-order valence-electron chi connectivity index (χ1n) is 5.73. The standard InChI is InChI=1S/C12H18N2O/c1-13-5-11-7-14(8-12(11)6-13)4-10-2-3-15-9-10/h2-3,9,11-12H,4-8H2,1H3. The quantitative estimate of drug-likeness (QED) is 0.726. The van der Waals surface area contributed by atoms with Gasteiger partial charge in [0.15, 0.2) is 0 Å². The number of hydrogen-bond donors (Lipinski definition) is 0. The molecule has 2 saturated heterocycles. The minimum atomic E-state index is 0.905. The van der Waals surface area contributed by atoms with E-state index in [1.165, 1.54) is 31.7 Å². The number of nitrogens with zero attached hydrogens (tertiary/aromatic N) is 2. The van der Waals surface area contributed by atoms with Gasteiger partial charge in [0.1, 0.15) is 0 Å². The number of hydrogen-bond acceptors (Lipinski definition) is 3. The van der Waals surface area contributed by atoms with E-state index >= 15 is 0 Å². The molecule has 0 radical (unpaired) electrons. The Bertz CT molecular complexity index is 308. The van der Waals surface area contributed by atoms with Gasteiger partial charge in [-0.3, -0.25) is 4.90 Å². The summed E-state index contributed by atoms with van der Waals surface area (Å²) in [6.45, 7) is 6.16. The van der Waals surface area contributed by atoms with E-state index in [1.54, 1.807) is 6.26 Å². The van der Waals surface area contributed by atoms with E-state index in [9.17, 15) is 0 Å². The summed E-state index contributed by atoms with van der Waals surface area (Å²) in [4.78, 5) is 5.03. The molecule has 2 fully saturated rings. The van der Waals surface area contributed by atoms with Crippen LogP contribution < -0.4 is 0 Å². The fraction of sp³-hybridized carbons (Fsp3) is 0.667. The highest BCUT2D eigenvalue weighted by molar-refractivity contribution is 5.06. The summed E-state index contributed by atoms with van der Waals surface area (Å²) in [5.41, 5.74) is 1.31. The third kappa shape index (κ3) is 1.82. The van der Waals surface area contributed by atoms with Crippen LogP contribution in [-0.4, -0.2) is 43.0 Å². The zero-order valence-electron chi connectivity index (χ0n) is 9.22. The van der Waals surface area contributed by atoms with Crippen molar-refractivity contribution in [2.45, 2.75) is 6.54 Å². The molecule has 0 N–H and O–H groups in total. The van der Waals surface area contributed by atoms with Gasteiger partial charge in [-0.2, -0.15) is 0 Å². The van der Waals surface area contributed by atoms with Gasteiger partial charge in [-0.25, -0.2) is 0 Å². The third-order valence-electron chi connectivity index (χ3n) is 3.73. The van der Waals surface area contributed by atoms with Crippen LogP contribution in [0.15, 0.2) is 23.0 Å². The molecule has 0 spiro atoms. The first-order valence-corrected chi connectivity index (χ1v) is 5.73. The first-order chi connectivity index (χ1) is 7.31. The van der Waals surface area contributed by atoms with Gasteiger partial charge in [-0.05, 0) is 24.9 Å². The van der Waals surface area contributed by atoms with Gasteiger partial charge in [-0.1, -0.05) is 0 Å². The Labute approximate surface area is 90.7 Å². The van der Waals surface area contributed by atoms with Crippen LogP contribution in [0.3, 0.4) is 0 Å². The van der Waals surface area contributed by atoms with Crippen molar-refractivity contribution in [3.63, 3.8) is 0 Å². The van der Waals surface area contributed by atoms with Crippen LogP contribution in [0.4, 0.5) is 0 Å². The second-order valence-corrected chi connectivity index (χ2v) is 5.07. The van der Waals surface area contributed by atoms with E-state index in [0.717, 1.165) is 18.4 Å². The van der Waals surface area contributed by atoms with E-state index in [2.05, 4.69) is 22.9 Å².